The van der Waals surface area contributed by atoms with Gasteiger partial charge in [0.05, 0.1) is 19.1 Å². The number of aliphatic hydroxyl groups is 2. The van der Waals surface area contributed by atoms with Crippen LogP contribution >= 0.6 is 0 Å². The number of aliphatic hydroxyl groups excluding tert-OH is 2. The highest BCUT2D eigenvalue weighted by Gasteiger charge is 2.37. The molecule has 28 heteroatoms. The molecule has 28 nitrogen and oxygen atoms in total. The molecule has 0 aliphatic carbocycles. The number of rotatable bonds is 49. The van der Waals surface area contributed by atoms with E-state index in [1.54, 1.807) is 88.5 Å². The van der Waals surface area contributed by atoms with E-state index in [2.05, 4.69) is 70.1 Å². The molecule has 0 saturated carbocycles. The number of likely N-dealkylation sites (N-methyl/N-ethyl adjacent to an activating group) is 1. The lowest BCUT2D eigenvalue weighted by Crippen LogP contribution is -2.62. The summed E-state index contributed by atoms with van der Waals surface area (Å²) in [6, 6.07) is 2.71. The zero-order valence-corrected chi connectivity index (χ0v) is 58.6. The molecular formula is C70H112N14O14. The number of carboxylic acid groups (broad SMARTS) is 1. The standard InChI is InChI=1S/C70H112N14O14/c1-9-10-11-12-13-14-15-16-17-18-19-20-21-25-34-58(87)77-57(42-85)68(97)78-51(33-28-35-74-70(71)72)63(92)81-55(39-48-41-75-50-32-27-26-31-49(48)50)67(96)84-60(46(7)86)69(98)83-52(36-43(2)3)64(93)76-45(6)61(90)79-53(37-44(4)5)65(94)82-56(40-59(88)89)66(95)80-54(62(91)73-8)38-47-29-23-22-24-30-47/h22-24,26-27,29-32,41,43-46,51-57,60,75,85-86H,9-21,25,28,33-40,42H2,1-8H3,(H,73,91)(H,76,93)(H,77,87)(H,78,97)(H,79,90)(H,80,95)(H,81,92)(H,82,94)(H,83,98)(H,84,96)(H,88,89)(H4,71,72,74)/t45-,46+,51-,52-,53-,54-,55-,56-,57-,60-/m0/s1. The molecule has 10 amide bonds. The molecule has 3 rings (SSSR count). The Labute approximate surface area is 576 Å². The number of carboxylic acids is 1. The average molecular weight is 1370 g/mol. The second-order valence-electron chi connectivity index (χ2n) is 26.1. The molecule has 0 radical (unpaired) electrons. The van der Waals surface area contributed by atoms with Crippen molar-refractivity contribution in [2.45, 2.75) is 250 Å². The molecule has 546 valence electrons. The highest BCUT2D eigenvalue weighted by atomic mass is 16.4. The molecule has 1 heterocycles. The number of carbonyl (C=O) groups excluding carboxylic acids is 10. The summed E-state index contributed by atoms with van der Waals surface area (Å²) >= 11 is 0. The number of hydrogen-bond acceptors (Lipinski definition) is 14. The summed E-state index contributed by atoms with van der Waals surface area (Å²) < 4.78 is 0. The van der Waals surface area contributed by atoms with Crippen LogP contribution in [0.2, 0.25) is 0 Å². The van der Waals surface area contributed by atoms with Crippen molar-refractivity contribution in [3.05, 3.63) is 71.9 Å². The number of benzene rings is 2. The predicted molar refractivity (Wildman–Crippen MR) is 374 cm³/mol. The smallest absolute Gasteiger partial charge is 0.305 e. The van der Waals surface area contributed by atoms with E-state index >= 15 is 0 Å². The first-order valence-electron chi connectivity index (χ1n) is 34.8. The van der Waals surface area contributed by atoms with Gasteiger partial charge in [-0.05, 0) is 75.0 Å². The summed E-state index contributed by atoms with van der Waals surface area (Å²) in [7, 11) is 1.37. The number of aliphatic carboxylic acids is 1. The van der Waals surface area contributed by atoms with Gasteiger partial charge in [0.25, 0.3) is 0 Å². The van der Waals surface area contributed by atoms with Crippen LogP contribution in [0.25, 0.3) is 10.9 Å². The molecular weight excluding hydrogens is 1260 g/mol. The Hall–Kier alpha value is -8.66. The maximum absolute atomic E-state index is 14.7. The Morgan fingerprint density at radius 3 is 1.51 bits per heavy atom. The summed E-state index contributed by atoms with van der Waals surface area (Å²) in [4.78, 5) is 158. The fourth-order valence-corrected chi connectivity index (χ4v) is 11.2. The van der Waals surface area contributed by atoms with Crippen LogP contribution in [0.1, 0.15) is 188 Å². The summed E-state index contributed by atoms with van der Waals surface area (Å²) in [5, 5.41) is 57.5. The number of nitrogens with zero attached hydrogens (tertiary/aromatic N) is 1. The van der Waals surface area contributed by atoms with Gasteiger partial charge in [-0.25, -0.2) is 0 Å². The number of hydrogen-bond donors (Lipinski definition) is 16. The zero-order valence-electron chi connectivity index (χ0n) is 58.6. The lowest BCUT2D eigenvalue weighted by Gasteiger charge is -2.29. The summed E-state index contributed by atoms with van der Waals surface area (Å²) in [5.74, 6) is -10.7. The lowest BCUT2D eigenvalue weighted by molar-refractivity contribution is -0.141. The number of guanidine groups is 1. The van der Waals surface area contributed by atoms with Crippen molar-refractivity contribution in [2.24, 2.45) is 28.3 Å². The van der Waals surface area contributed by atoms with Crippen LogP contribution in [0.4, 0.5) is 0 Å². The molecule has 98 heavy (non-hydrogen) atoms. The number of H-pyrrole nitrogens is 1. The third-order valence-electron chi connectivity index (χ3n) is 16.6. The Morgan fingerprint density at radius 1 is 0.500 bits per heavy atom. The van der Waals surface area contributed by atoms with Crippen LogP contribution in [0.15, 0.2) is 65.8 Å². The van der Waals surface area contributed by atoms with Gasteiger partial charge < -0.3 is 84.9 Å². The number of aromatic amines is 1. The van der Waals surface area contributed by atoms with Crippen molar-refractivity contribution in [3.8, 4) is 0 Å². The molecule has 0 aliphatic heterocycles. The highest BCUT2D eigenvalue weighted by molar-refractivity contribution is 5.99. The number of fused-ring (bicyclic) bond motifs is 1. The van der Waals surface area contributed by atoms with Crippen LogP contribution in [-0.2, 0) is 65.6 Å². The number of nitrogens with one attached hydrogen (secondary N) is 11. The fraction of sp³-hybridized carbons (Fsp3) is 0.629. The minimum absolute atomic E-state index is 0.0112. The van der Waals surface area contributed by atoms with E-state index in [-0.39, 0.29) is 69.3 Å². The van der Waals surface area contributed by atoms with E-state index in [4.69, 9.17) is 11.5 Å². The van der Waals surface area contributed by atoms with Crippen molar-refractivity contribution in [2.75, 3.05) is 20.2 Å². The van der Waals surface area contributed by atoms with Gasteiger partial charge >= 0.3 is 5.97 Å². The molecule has 0 bridgehead atoms. The normalized spacial score (nSPS) is 14.3. The molecule has 18 N–H and O–H groups in total. The van der Waals surface area contributed by atoms with Crippen LogP contribution in [-0.4, -0.2) is 172 Å². The second-order valence-corrected chi connectivity index (χ2v) is 26.1. The van der Waals surface area contributed by atoms with Crippen molar-refractivity contribution in [1.29, 1.82) is 0 Å². The van der Waals surface area contributed by atoms with Gasteiger partial charge in [0.15, 0.2) is 5.96 Å². The van der Waals surface area contributed by atoms with E-state index in [1.165, 1.54) is 78.7 Å². The van der Waals surface area contributed by atoms with E-state index in [9.17, 15) is 68.1 Å². The third-order valence-corrected chi connectivity index (χ3v) is 16.6. The Kier molecular flexibility index (Phi) is 39.0. The van der Waals surface area contributed by atoms with Crippen LogP contribution < -0.4 is 64.6 Å². The minimum Gasteiger partial charge on any atom is -0.481 e. The largest absolute Gasteiger partial charge is 0.481 e. The van der Waals surface area contributed by atoms with E-state index in [0.717, 1.165) is 25.7 Å². The highest BCUT2D eigenvalue weighted by Crippen LogP contribution is 2.21. The first-order chi connectivity index (χ1) is 46.7. The Balaban J connectivity index is 1.79. The van der Waals surface area contributed by atoms with Gasteiger partial charge in [-0.2, -0.15) is 0 Å². The van der Waals surface area contributed by atoms with Gasteiger partial charge in [0.1, 0.15) is 54.4 Å². The number of aliphatic imine (C=N–C) groups is 1. The van der Waals surface area contributed by atoms with E-state index < -0.39 is 139 Å². The van der Waals surface area contributed by atoms with Gasteiger partial charge in [-0.15, -0.1) is 0 Å². The molecule has 0 fully saturated rings. The molecule has 3 aromatic rings. The topological polar surface area (TPSA) is 449 Å². The fourth-order valence-electron chi connectivity index (χ4n) is 11.2. The average Bonchev–Trinajstić information content (AvgIpc) is 1.66. The first-order valence-corrected chi connectivity index (χ1v) is 34.8. The van der Waals surface area contributed by atoms with Crippen LogP contribution in [0.3, 0.4) is 0 Å². The van der Waals surface area contributed by atoms with Crippen molar-refractivity contribution in [3.63, 3.8) is 0 Å². The van der Waals surface area contributed by atoms with Crippen molar-refractivity contribution < 1.29 is 68.1 Å². The first kappa shape index (κ1) is 83.6. The second kappa shape index (κ2) is 45.8. The molecule has 0 saturated heterocycles. The van der Waals surface area contributed by atoms with E-state index in [1.807, 2.05) is 0 Å². The monoisotopic (exact) mass is 1370 g/mol. The van der Waals surface area contributed by atoms with E-state index in [0.29, 0.717) is 28.5 Å². The number of nitrogens with two attached hydrogens (primary N) is 2. The molecule has 0 aliphatic rings. The molecule has 0 unspecified atom stereocenters. The van der Waals surface area contributed by atoms with Gasteiger partial charge in [0, 0.05) is 50.0 Å². The van der Waals surface area contributed by atoms with Gasteiger partial charge in [-0.3, -0.25) is 57.7 Å². The number of aromatic nitrogens is 1. The van der Waals surface area contributed by atoms with Crippen molar-refractivity contribution in [1.82, 2.24) is 58.2 Å². The summed E-state index contributed by atoms with van der Waals surface area (Å²) in [6.07, 6.45) is 15.0. The van der Waals surface area contributed by atoms with Crippen LogP contribution in [0, 0.1) is 11.8 Å². The zero-order chi connectivity index (χ0) is 72.7. The van der Waals surface area contributed by atoms with Gasteiger partial charge in [0.2, 0.25) is 59.1 Å². The van der Waals surface area contributed by atoms with Crippen molar-refractivity contribution >= 4 is 81.9 Å². The Morgan fingerprint density at radius 2 is 0.969 bits per heavy atom. The predicted octanol–water partition coefficient (Wildman–Crippen LogP) is 2.95. The lowest BCUT2D eigenvalue weighted by atomic mass is 10.0. The number of amides is 10. The van der Waals surface area contributed by atoms with Gasteiger partial charge in [-0.1, -0.05) is 167 Å². The SMILES string of the molecule is CCCCCCCCCCCCCCCCC(=O)N[C@@H](CO)C(=O)N[C@@H](CCCN=C(N)N)C(=O)N[C@@H](Cc1c[nH]c2ccccc12)C(=O)N[C@H](C(=O)N[C@@H](CC(C)C)C(=O)N[C@@H](C)C(=O)N[C@@H](CC(C)C)C(=O)N[C@@H](CC(=O)O)C(=O)N[C@@H](Cc1ccccc1)C(=O)NC)[C@@H](C)O. The molecule has 10 atom stereocenters. The molecule has 0 spiro atoms. The maximum atomic E-state index is 14.7. The number of unbranched alkanes of at least 4 members (excludes halogenated alkanes) is 13. The molecule has 1 aromatic heterocycles. The summed E-state index contributed by atoms with van der Waals surface area (Å²) in [6.45, 7) is 11.0. The Bertz CT molecular complexity index is 3030. The van der Waals surface area contributed by atoms with Crippen LogP contribution in [0.5, 0.6) is 0 Å². The summed E-state index contributed by atoms with van der Waals surface area (Å²) in [5.41, 5.74) is 13.1. The minimum atomic E-state index is -1.78. The third kappa shape index (κ3) is 32.1. The number of carbonyl (C=O) groups is 11. The quantitative estimate of drug-likeness (QED) is 0.0219. The molecule has 2 aromatic carbocycles. The maximum Gasteiger partial charge on any atom is 0.305 e. The number of para-hydroxylation sites is 1.